The quantitative estimate of drug-likeness (QED) is 0.828. The van der Waals surface area contributed by atoms with Crippen LogP contribution in [0.15, 0.2) is 60.7 Å². The summed E-state index contributed by atoms with van der Waals surface area (Å²) in [6, 6.07) is 20.1. The molecule has 1 saturated heterocycles. The van der Waals surface area contributed by atoms with E-state index in [0.717, 1.165) is 24.1 Å². The van der Waals surface area contributed by atoms with Crippen LogP contribution in [0.4, 0.5) is 5.69 Å². The first-order chi connectivity index (χ1) is 12.7. The van der Waals surface area contributed by atoms with Gasteiger partial charge in [0.05, 0.1) is 12.5 Å². The maximum atomic E-state index is 13.3. The van der Waals surface area contributed by atoms with E-state index in [0.29, 0.717) is 25.6 Å². The molecule has 2 aromatic rings. The average Bonchev–Trinajstić information content (AvgIpc) is 3.01. The molecule has 1 aliphatic carbocycles. The second-order valence-electron chi connectivity index (χ2n) is 7.28. The zero-order valence-electron chi connectivity index (χ0n) is 14.9. The van der Waals surface area contributed by atoms with Crippen molar-refractivity contribution in [3.63, 3.8) is 0 Å². The fourth-order valence-corrected chi connectivity index (χ4v) is 3.84. The molecule has 0 N–H and O–H groups in total. The average molecular weight is 348 g/mol. The highest BCUT2D eigenvalue weighted by molar-refractivity contribution is 5.99. The molecule has 1 atom stereocenters. The van der Waals surface area contributed by atoms with Gasteiger partial charge in [0.25, 0.3) is 0 Å². The van der Waals surface area contributed by atoms with Gasteiger partial charge in [0.2, 0.25) is 11.8 Å². The molecule has 4 nitrogen and oxygen atoms in total. The molecular weight excluding hydrogens is 324 g/mol. The number of rotatable bonds is 5. The first kappa shape index (κ1) is 16.8. The zero-order chi connectivity index (χ0) is 17.9. The van der Waals surface area contributed by atoms with Crippen LogP contribution in [0, 0.1) is 5.92 Å². The van der Waals surface area contributed by atoms with Gasteiger partial charge in [-0.1, -0.05) is 48.5 Å². The summed E-state index contributed by atoms with van der Waals surface area (Å²) in [4.78, 5) is 29.5. The van der Waals surface area contributed by atoms with Crippen molar-refractivity contribution >= 4 is 17.5 Å². The molecule has 1 unspecified atom stereocenters. The minimum Gasteiger partial charge on any atom is -0.339 e. The Morgan fingerprint density at radius 2 is 1.65 bits per heavy atom. The van der Waals surface area contributed by atoms with Crippen LogP contribution in [0.25, 0.3) is 0 Å². The van der Waals surface area contributed by atoms with Crippen LogP contribution in [0.3, 0.4) is 0 Å². The summed E-state index contributed by atoms with van der Waals surface area (Å²) in [6.07, 6.45) is 3.70. The van der Waals surface area contributed by atoms with E-state index >= 15 is 0 Å². The first-order valence-electron chi connectivity index (χ1n) is 9.42. The maximum absolute atomic E-state index is 13.3. The molecule has 0 aromatic heterocycles. The number of hydrogen-bond donors (Lipinski definition) is 0. The summed E-state index contributed by atoms with van der Waals surface area (Å²) in [5.41, 5.74) is 1.97. The SMILES string of the molecule is O=C(C1CC(=O)N(C2CCC2)C1)N(Cc1ccccc1)c1ccccc1. The van der Waals surface area contributed by atoms with Gasteiger partial charge in [0, 0.05) is 24.7 Å². The van der Waals surface area contributed by atoms with Crippen LogP contribution >= 0.6 is 0 Å². The molecule has 1 aliphatic heterocycles. The van der Waals surface area contributed by atoms with Crippen LogP contribution in [0.5, 0.6) is 0 Å². The summed E-state index contributed by atoms with van der Waals surface area (Å²) in [5, 5.41) is 0. The lowest BCUT2D eigenvalue weighted by Crippen LogP contribution is -2.42. The third-order valence-electron chi connectivity index (χ3n) is 5.54. The highest BCUT2D eigenvalue weighted by atomic mass is 16.2. The van der Waals surface area contributed by atoms with Gasteiger partial charge in [0.15, 0.2) is 0 Å². The Hall–Kier alpha value is -2.62. The Balaban J connectivity index is 1.55. The van der Waals surface area contributed by atoms with E-state index < -0.39 is 0 Å². The van der Waals surface area contributed by atoms with E-state index in [4.69, 9.17) is 0 Å². The first-order valence-corrected chi connectivity index (χ1v) is 9.42. The number of hydrogen-bond acceptors (Lipinski definition) is 2. The molecule has 2 fully saturated rings. The van der Waals surface area contributed by atoms with Gasteiger partial charge in [-0.25, -0.2) is 0 Å². The van der Waals surface area contributed by atoms with E-state index in [1.165, 1.54) is 6.42 Å². The number of anilines is 1. The topological polar surface area (TPSA) is 40.6 Å². The number of carbonyl (C=O) groups is 2. The highest BCUT2D eigenvalue weighted by Crippen LogP contribution is 2.32. The number of carbonyl (C=O) groups excluding carboxylic acids is 2. The second-order valence-corrected chi connectivity index (χ2v) is 7.28. The third-order valence-corrected chi connectivity index (χ3v) is 5.54. The number of likely N-dealkylation sites (tertiary alicyclic amines) is 1. The summed E-state index contributed by atoms with van der Waals surface area (Å²) in [5.74, 6) is -0.0528. The van der Waals surface area contributed by atoms with Crippen molar-refractivity contribution in [1.82, 2.24) is 4.90 Å². The smallest absolute Gasteiger partial charge is 0.232 e. The zero-order valence-corrected chi connectivity index (χ0v) is 14.9. The van der Waals surface area contributed by atoms with Crippen LogP contribution in [-0.2, 0) is 16.1 Å². The monoisotopic (exact) mass is 348 g/mol. The summed E-state index contributed by atoms with van der Waals surface area (Å²) < 4.78 is 0. The number of benzene rings is 2. The Kier molecular flexibility index (Phi) is 4.74. The molecule has 2 amide bonds. The van der Waals surface area contributed by atoms with Crippen molar-refractivity contribution in [2.75, 3.05) is 11.4 Å². The summed E-state index contributed by atoms with van der Waals surface area (Å²) in [6.45, 7) is 1.10. The number of amides is 2. The molecule has 0 radical (unpaired) electrons. The van der Waals surface area contributed by atoms with Gasteiger partial charge in [-0.05, 0) is 37.0 Å². The normalized spacial score (nSPS) is 20.1. The molecule has 26 heavy (non-hydrogen) atoms. The Labute approximate surface area is 154 Å². The van der Waals surface area contributed by atoms with Crippen LogP contribution in [0.1, 0.15) is 31.2 Å². The molecule has 4 heteroatoms. The van der Waals surface area contributed by atoms with Crippen molar-refractivity contribution in [2.45, 2.75) is 38.3 Å². The molecule has 0 spiro atoms. The van der Waals surface area contributed by atoms with E-state index in [2.05, 4.69) is 0 Å². The second kappa shape index (κ2) is 7.32. The largest absolute Gasteiger partial charge is 0.339 e. The van der Waals surface area contributed by atoms with E-state index in [-0.39, 0.29) is 17.7 Å². The molecule has 4 rings (SSSR count). The van der Waals surface area contributed by atoms with E-state index in [1.807, 2.05) is 70.5 Å². The van der Waals surface area contributed by atoms with Gasteiger partial charge in [0.1, 0.15) is 0 Å². The number of nitrogens with zero attached hydrogens (tertiary/aromatic N) is 2. The minimum atomic E-state index is -0.244. The molecule has 0 bridgehead atoms. The van der Waals surface area contributed by atoms with Gasteiger partial charge < -0.3 is 9.80 Å². The molecule has 134 valence electrons. The van der Waals surface area contributed by atoms with E-state index in [1.54, 1.807) is 0 Å². The van der Waals surface area contributed by atoms with Crippen LogP contribution in [0.2, 0.25) is 0 Å². The summed E-state index contributed by atoms with van der Waals surface area (Å²) in [7, 11) is 0. The lowest BCUT2D eigenvalue weighted by Gasteiger charge is -2.35. The van der Waals surface area contributed by atoms with Gasteiger partial charge in [-0.2, -0.15) is 0 Å². The number of para-hydroxylation sites is 1. The lowest BCUT2D eigenvalue weighted by atomic mass is 9.92. The molecule has 1 heterocycles. The van der Waals surface area contributed by atoms with Crippen molar-refractivity contribution in [3.8, 4) is 0 Å². The van der Waals surface area contributed by atoms with Gasteiger partial charge in [-0.3, -0.25) is 9.59 Å². The Bertz CT molecular complexity index is 771. The Morgan fingerprint density at radius 3 is 2.27 bits per heavy atom. The molecule has 1 saturated carbocycles. The van der Waals surface area contributed by atoms with Crippen molar-refractivity contribution in [2.24, 2.45) is 5.92 Å². The predicted molar refractivity (Wildman–Crippen MR) is 102 cm³/mol. The lowest BCUT2D eigenvalue weighted by molar-refractivity contribution is -0.131. The Morgan fingerprint density at radius 1 is 1.00 bits per heavy atom. The van der Waals surface area contributed by atoms with Crippen molar-refractivity contribution in [1.29, 1.82) is 0 Å². The molecule has 2 aliphatic rings. The van der Waals surface area contributed by atoms with Gasteiger partial charge in [-0.15, -0.1) is 0 Å². The fraction of sp³-hybridized carbons (Fsp3) is 0.364. The fourth-order valence-electron chi connectivity index (χ4n) is 3.84. The van der Waals surface area contributed by atoms with Crippen LogP contribution < -0.4 is 4.90 Å². The summed E-state index contributed by atoms with van der Waals surface area (Å²) >= 11 is 0. The molecule has 2 aromatic carbocycles. The highest BCUT2D eigenvalue weighted by Gasteiger charge is 2.41. The van der Waals surface area contributed by atoms with E-state index in [9.17, 15) is 9.59 Å². The van der Waals surface area contributed by atoms with Crippen molar-refractivity contribution in [3.05, 3.63) is 66.2 Å². The maximum Gasteiger partial charge on any atom is 0.232 e. The van der Waals surface area contributed by atoms with Gasteiger partial charge >= 0.3 is 0 Å². The third kappa shape index (κ3) is 3.36. The standard InChI is InChI=1S/C22H24N2O2/c25-21-14-18(16-23(21)19-12-7-13-19)22(26)24(20-10-5-2-6-11-20)15-17-8-3-1-4-9-17/h1-6,8-11,18-19H,7,12-16H2. The molecular formula is C22H24N2O2. The van der Waals surface area contributed by atoms with Crippen LogP contribution in [-0.4, -0.2) is 29.3 Å². The predicted octanol–water partition coefficient (Wildman–Crippen LogP) is 3.62. The van der Waals surface area contributed by atoms with Crippen molar-refractivity contribution < 1.29 is 9.59 Å². The minimum absolute atomic E-state index is 0.0511.